The van der Waals surface area contributed by atoms with Gasteiger partial charge in [0.25, 0.3) is 11.8 Å². The Morgan fingerprint density at radius 1 is 1.17 bits per heavy atom. The molecule has 3 aromatic rings. The van der Waals surface area contributed by atoms with Gasteiger partial charge in [0.2, 0.25) is 0 Å². The van der Waals surface area contributed by atoms with E-state index < -0.39 is 23.4 Å². The van der Waals surface area contributed by atoms with Gasteiger partial charge in [-0.05, 0) is 43.7 Å². The van der Waals surface area contributed by atoms with Crippen LogP contribution < -0.4 is 21.7 Å². The second-order valence-electron chi connectivity index (χ2n) is 8.44. The Kier molecular flexibility index (Phi) is 8.07. The molecule has 2 amide bonds. The van der Waals surface area contributed by atoms with Crippen molar-refractivity contribution in [2.75, 3.05) is 18.8 Å². The van der Waals surface area contributed by atoms with E-state index in [2.05, 4.69) is 25.9 Å². The summed E-state index contributed by atoms with van der Waals surface area (Å²) in [6, 6.07) is 8.51. The maximum Gasteiger partial charge on any atom is 0.274 e. The summed E-state index contributed by atoms with van der Waals surface area (Å²) in [6.45, 7) is 1.19. The zero-order chi connectivity index (χ0) is 25.7. The molecule has 2 heterocycles. The van der Waals surface area contributed by atoms with E-state index in [1.165, 1.54) is 12.3 Å². The summed E-state index contributed by atoms with van der Waals surface area (Å²) in [4.78, 5) is 34.0. The average molecular weight is 515 g/mol. The summed E-state index contributed by atoms with van der Waals surface area (Å²) >= 11 is 5.71. The molecule has 1 unspecified atom stereocenters. The molecule has 36 heavy (non-hydrogen) atoms. The van der Waals surface area contributed by atoms with Crippen LogP contribution in [0.5, 0.6) is 0 Å². The number of rotatable bonds is 6. The molecule has 5 N–H and O–H groups in total. The summed E-state index contributed by atoms with van der Waals surface area (Å²) in [7, 11) is 0. The Morgan fingerprint density at radius 3 is 2.83 bits per heavy atom. The molecule has 1 aliphatic rings. The van der Waals surface area contributed by atoms with Crippen LogP contribution in [0.25, 0.3) is 11.3 Å². The third kappa shape index (κ3) is 5.95. The van der Waals surface area contributed by atoms with Crippen molar-refractivity contribution in [3.05, 3.63) is 76.1 Å². The minimum atomic E-state index is -0.923. The van der Waals surface area contributed by atoms with Crippen molar-refractivity contribution in [3.8, 4) is 11.3 Å². The number of halogens is 3. The van der Waals surface area contributed by atoms with Crippen molar-refractivity contribution in [1.82, 2.24) is 25.9 Å². The third-order valence-corrected chi connectivity index (χ3v) is 6.18. The van der Waals surface area contributed by atoms with Crippen LogP contribution in [0, 0.1) is 11.6 Å². The Balaban J connectivity index is 1.50. The van der Waals surface area contributed by atoms with Crippen LogP contribution in [0.2, 0.25) is 5.02 Å². The number of benzene rings is 2. The van der Waals surface area contributed by atoms with Crippen molar-refractivity contribution in [2.24, 2.45) is 0 Å². The number of hydrogen-bond donors (Lipinski definition) is 4. The lowest BCUT2D eigenvalue weighted by molar-refractivity contribution is 0.0928. The molecule has 188 valence electrons. The summed E-state index contributed by atoms with van der Waals surface area (Å²) in [5.74, 6) is -2.72. The molecule has 1 atom stereocenters. The standard InChI is InChI=1S/C25H25ClF2N6O2/c26-18-7-8-19(27)17(21(18)28)12-32-24(35)15-5-3-4-14(10-15)20-13-31-23(29)22(34-20)25(36)33-16-6-1-2-9-30-11-16/h3-5,7-8,10,13,16,30H,1-2,6,9,11-12H2,(H2,29,31)(H,32,35)(H,33,36). The first-order chi connectivity index (χ1) is 17.3. The van der Waals surface area contributed by atoms with Gasteiger partial charge in [0.1, 0.15) is 11.6 Å². The van der Waals surface area contributed by atoms with Gasteiger partial charge in [-0.3, -0.25) is 9.59 Å². The fraction of sp³-hybridized carbons (Fsp3) is 0.280. The highest BCUT2D eigenvalue weighted by atomic mass is 35.5. The van der Waals surface area contributed by atoms with E-state index in [-0.39, 0.29) is 40.2 Å². The van der Waals surface area contributed by atoms with Crippen LogP contribution >= 0.6 is 11.6 Å². The lowest BCUT2D eigenvalue weighted by Gasteiger charge is -2.16. The molecule has 0 radical (unpaired) electrons. The second kappa shape index (κ2) is 11.4. The van der Waals surface area contributed by atoms with Gasteiger partial charge in [-0.1, -0.05) is 30.2 Å². The first kappa shape index (κ1) is 25.5. The van der Waals surface area contributed by atoms with Crippen LogP contribution in [0.4, 0.5) is 14.6 Å². The Labute approximate surface area is 211 Å². The summed E-state index contributed by atoms with van der Waals surface area (Å²) in [5.41, 5.74) is 6.67. The van der Waals surface area contributed by atoms with E-state index in [1.54, 1.807) is 18.2 Å². The molecule has 0 aliphatic carbocycles. The number of carbonyl (C=O) groups is 2. The number of nitrogen functional groups attached to an aromatic ring is 1. The van der Waals surface area contributed by atoms with E-state index in [0.29, 0.717) is 17.8 Å². The highest BCUT2D eigenvalue weighted by Gasteiger charge is 2.20. The van der Waals surface area contributed by atoms with Gasteiger partial charge in [0.15, 0.2) is 11.5 Å². The molecular formula is C25H25ClF2N6O2. The van der Waals surface area contributed by atoms with Crippen molar-refractivity contribution >= 4 is 29.2 Å². The molecule has 11 heteroatoms. The van der Waals surface area contributed by atoms with Crippen molar-refractivity contribution in [1.29, 1.82) is 0 Å². The number of anilines is 1. The quantitative estimate of drug-likeness (QED) is 0.374. The summed E-state index contributed by atoms with van der Waals surface area (Å²) in [5, 5.41) is 8.49. The van der Waals surface area contributed by atoms with Gasteiger partial charge in [0.05, 0.1) is 16.9 Å². The third-order valence-electron chi connectivity index (χ3n) is 5.88. The average Bonchev–Trinajstić information content (AvgIpc) is 3.15. The number of carbonyl (C=O) groups excluding carboxylic acids is 2. The van der Waals surface area contributed by atoms with E-state index in [9.17, 15) is 18.4 Å². The molecule has 8 nitrogen and oxygen atoms in total. The fourth-order valence-corrected chi connectivity index (χ4v) is 4.10. The maximum absolute atomic E-state index is 14.1. The van der Waals surface area contributed by atoms with Crippen molar-refractivity contribution < 1.29 is 18.4 Å². The number of aromatic nitrogens is 2. The van der Waals surface area contributed by atoms with E-state index in [0.717, 1.165) is 37.9 Å². The van der Waals surface area contributed by atoms with Crippen LogP contribution in [0.15, 0.2) is 42.6 Å². The lowest BCUT2D eigenvalue weighted by Crippen LogP contribution is -2.41. The smallest absolute Gasteiger partial charge is 0.274 e. The van der Waals surface area contributed by atoms with Gasteiger partial charge in [0, 0.05) is 35.8 Å². The van der Waals surface area contributed by atoms with Crippen molar-refractivity contribution in [3.63, 3.8) is 0 Å². The van der Waals surface area contributed by atoms with Gasteiger partial charge in [-0.2, -0.15) is 0 Å². The highest BCUT2D eigenvalue weighted by Crippen LogP contribution is 2.22. The second-order valence-corrected chi connectivity index (χ2v) is 8.85. The number of nitrogens with one attached hydrogen (secondary N) is 3. The largest absolute Gasteiger partial charge is 0.382 e. The molecule has 1 aromatic heterocycles. The molecule has 2 aromatic carbocycles. The zero-order valence-electron chi connectivity index (χ0n) is 19.3. The number of amides is 2. The predicted molar refractivity (Wildman–Crippen MR) is 132 cm³/mol. The van der Waals surface area contributed by atoms with E-state index in [1.807, 2.05) is 0 Å². The molecular weight excluding hydrogens is 490 g/mol. The number of nitrogens with zero attached hydrogens (tertiary/aromatic N) is 2. The SMILES string of the molecule is Nc1ncc(-c2cccc(C(=O)NCc3c(F)ccc(Cl)c3F)c2)nc1C(=O)NC1CCCCNC1. The normalized spacial score (nSPS) is 15.7. The molecule has 4 rings (SSSR count). The highest BCUT2D eigenvalue weighted by molar-refractivity contribution is 6.30. The summed E-state index contributed by atoms with van der Waals surface area (Å²) in [6.07, 6.45) is 4.32. The first-order valence-electron chi connectivity index (χ1n) is 11.5. The number of hydrogen-bond acceptors (Lipinski definition) is 6. The minimum absolute atomic E-state index is 0.00138. The van der Waals surface area contributed by atoms with E-state index >= 15 is 0 Å². The molecule has 0 saturated carbocycles. The number of nitrogens with two attached hydrogens (primary N) is 1. The van der Waals surface area contributed by atoms with Gasteiger partial charge in [-0.15, -0.1) is 0 Å². The monoisotopic (exact) mass is 514 g/mol. The predicted octanol–water partition coefficient (Wildman–Crippen LogP) is 3.46. The van der Waals surface area contributed by atoms with Crippen LogP contribution in [0.1, 0.15) is 45.7 Å². The topological polar surface area (TPSA) is 122 Å². The fourth-order valence-electron chi connectivity index (χ4n) is 3.92. The van der Waals surface area contributed by atoms with Gasteiger partial charge >= 0.3 is 0 Å². The molecule has 0 bridgehead atoms. The minimum Gasteiger partial charge on any atom is -0.382 e. The molecule has 1 saturated heterocycles. The Hall–Kier alpha value is -3.63. The van der Waals surface area contributed by atoms with Gasteiger partial charge < -0.3 is 21.7 Å². The van der Waals surface area contributed by atoms with Crippen LogP contribution in [-0.4, -0.2) is 40.9 Å². The first-order valence-corrected chi connectivity index (χ1v) is 11.9. The molecule has 1 aliphatic heterocycles. The summed E-state index contributed by atoms with van der Waals surface area (Å²) < 4.78 is 28.1. The Morgan fingerprint density at radius 2 is 2.00 bits per heavy atom. The zero-order valence-corrected chi connectivity index (χ0v) is 20.0. The molecule has 0 spiro atoms. The molecule has 1 fully saturated rings. The Bertz CT molecular complexity index is 1280. The van der Waals surface area contributed by atoms with E-state index in [4.69, 9.17) is 17.3 Å². The van der Waals surface area contributed by atoms with Gasteiger partial charge in [-0.25, -0.2) is 18.7 Å². The van der Waals surface area contributed by atoms with Crippen molar-refractivity contribution in [2.45, 2.75) is 31.8 Å². The lowest BCUT2D eigenvalue weighted by atomic mass is 10.1. The maximum atomic E-state index is 14.1. The van der Waals surface area contributed by atoms with Crippen LogP contribution in [-0.2, 0) is 6.54 Å². The van der Waals surface area contributed by atoms with Crippen LogP contribution in [0.3, 0.4) is 0 Å².